The molecule has 1 N–H and O–H groups in total. The van der Waals surface area contributed by atoms with Crippen LogP contribution in [0, 0.1) is 0 Å². The smallest absolute Gasteiger partial charge is 0.270 e. The molecule has 1 saturated carbocycles. The topological polar surface area (TPSA) is 56.4 Å². The van der Waals surface area contributed by atoms with E-state index in [1.54, 1.807) is 24.1 Å². The molecule has 1 amide bonds. The van der Waals surface area contributed by atoms with Crippen LogP contribution in [0.3, 0.4) is 0 Å². The van der Waals surface area contributed by atoms with Gasteiger partial charge >= 0.3 is 0 Å². The van der Waals surface area contributed by atoms with E-state index in [-0.39, 0.29) is 17.0 Å². The molecule has 0 aliphatic heterocycles. The number of aromatic amines is 1. The number of likely N-dealkylation sites (N-methyl/N-ethyl adjacent to an activating group) is 2. The zero-order chi connectivity index (χ0) is 14.0. The zero-order valence-electron chi connectivity index (χ0n) is 11.8. The number of carbonyl (C=O) groups excluding carboxylic acids is 1. The number of nitrogens with zero attached hydrogens (tertiary/aromatic N) is 2. The van der Waals surface area contributed by atoms with Crippen LogP contribution in [0.5, 0.6) is 0 Å². The molecule has 0 saturated heterocycles. The van der Waals surface area contributed by atoms with Gasteiger partial charge in [0, 0.05) is 25.2 Å². The molecule has 1 aromatic rings. The first kappa shape index (κ1) is 13.8. The van der Waals surface area contributed by atoms with Crippen LogP contribution in [0.2, 0.25) is 0 Å². The van der Waals surface area contributed by atoms with E-state index in [1.807, 2.05) is 0 Å². The van der Waals surface area contributed by atoms with Crippen LogP contribution >= 0.6 is 0 Å². The van der Waals surface area contributed by atoms with Crippen molar-refractivity contribution in [1.29, 1.82) is 0 Å². The molecule has 0 bridgehead atoms. The van der Waals surface area contributed by atoms with Gasteiger partial charge in [-0.15, -0.1) is 0 Å². The minimum absolute atomic E-state index is 0.0967. The van der Waals surface area contributed by atoms with Crippen molar-refractivity contribution in [2.24, 2.45) is 0 Å². The number of hydrogen-bond acceptors (Lipinski definition) is 3. The third kappa shape index (κ3) is 2.71. The van der Waals surface area contributed by atoms with E-state index in [0.717, 1.165) is 12.8 Å². The Kier molecular flexibility index (Phi) is 3.75. The third-order valence-corrected chi connectivity index (χ3v) is 4.11. The van der Waals surface area contributed by atoms with Crippen molar-refractivity contribution in [2.45, 2.75) is 24.8 Å². The first-order valence-corrected chi connectivity index (χ1v) is 6.57. The Labute approximate surface area is 113 Å². The molecular formula is C14H21N3O2. The van der Waals surface area contributed by atoms with Crippen LogP contribution in [0.4, 0.5) is 0 Å². The number of aromatic nitrogens is 1. The summed E-state index contributed by atoms with van der Waals surface area (Å²) in [4.78, 5) is 30.0. The van der Waals surface area contributed by atoms with Gasteiger partial charge < -0.3 is 14.8 Å². The van der Waals surface area contributed by atoms with Gasteiger partial charge in [0.25, 0.3) is 5.91 Å². The fourth-order valence-corrected chi connectivity index (χ4v) is 2.62. The van der Waals surface area contributed by atoms with E-state index in [0.29, 0.717) is 12.2 Å². The highest BCUT2D eigenvalue weighted by Crippen LogP contribution is 2.36. The Bertz CT molecular complexity index is 517. The van der Waals surface area contributed by atoms with E-state index in [1.165, 1.54) is 12.5 Å². The molecule has 1 aliphatic carbocycles. The van der Waals surface area contributed by atoms with Crippen LogP contribution in [0.1, 0.15) is 29.8 Å². The fourth-order valence-electron chi connectivity index (χ4n) is 2.62. The van der Waals surface area contributed by atoms with Crippen molar-refractivity contribution in [1.82, 2.24) is 14.8 Å². The highest BCUT2D eigenvalue weighted by molar-refractivity contribution is 5.92. The lowest BCUT2D eigenvalue weighted by Crippen LogP contribution is -2.57. The van der Waals surface area contributed by atoms with Crippen LogP contribution < -0.4 is 5.56 Å². The van der Waals surface area contributed by atoms with Gasteiger partial charge in [-0.3, -0.25) is 9.59 Å². The number of H-pyrrole nitrogens is 1. The van der Waals surface area contributed by atoms with Crippen LogP contribution in [-0.4, -0.2) is 53.9 Å². The van der Waals surface area contributed by atoms with Crippen LogP contribution in [-0.2, 0) is 0 Å². The molecule has 0 unspecified atom stereocenters. The second-order valence-corrected chi connectivity index (χ2v) is 5.56. The molecule has 0 spiro atoms. The van der Waals surface area contributed by atoms with Crippen molar-refractivity contribution in [3.63, 3.8) is 0 Å². The summed E-state index contributed by atoms with van der Waals surface area (Å²) in [6, 6.07) is 4.65. The van der Waals surface area contributed by atoms with Crippen molar-refractivity contribution in [3.8, 4) is 0 Å². The lowest BCUT2D eigenvalue weighted by molar-refractivity contribution is 0.0250. The quantitative estimate of drug-likeness (QED) is 0.879. The molecule has 0 radical (unpaired) electrons. The number of rotatable bonds is 4. The second-order valence-electron chi connectivity index (χ2n) is 5.56. The van der Waals surface area contributed by atoms with E-state index < -0.39 is 0 Å². The van der Waals surface area contributed by atoms with Crippen LogP contribution in [0.15, 0.2) is 23.0 Å². The van der Waals surface area contributed by atoms with E-state index in [9.17, 15) is 9.59 Å². The summed E-state index contributed by atoms with van der Waals surface area (Å²) >= 11 is 0. The highest BCUT2D eigenvalue weighted by atomic mass is 16.2. The summed E-state index contributed by atoms with van der Waals surface area (Å²) in [6.07, 6.45) is 3.44. The SMILES string of the molecule is CN(CC1(N(C)C)CCC1)C(=O)c1cccc(=O)[nH]1. The third-order valence-electron chi connectivity index (χ3n) is 4.11. The predicted octanol–water partition coefficient (Wildman–Crippen LogP) is 0.931. The Morgan fingerprint density at radius 1 is 1.32 bits per heavy atom. The maximum absolute atomic E-state index is 12.3. The number of hydrogen-bond donors (Lipinski definition) is 1. The van der Waals surface area contributed by atoms with Crippen molar-refractivity contribution >= 4 is 5.91 Å². The van der Waals surface area contributed by atoms with E-state index in [4.69, 9.17) is 0 Å². The van der Waals surface area contributed by atoms with Crippen LogP contribution in [0.25, 0.3) is 0 Å². The maximum Gasteiger partial charge on any atom is 0.270 e. The average molecular weight is 263 g/mol. The summed E-state index contributed by atoms with van der Waals surface area (Å²) in [6.45, 7) is 0.690. The lowest BCUT2D eigenvalue weighted by Gasteiger charge is -2.49. The Morgan fingerprint density at radius 3 is 2.47 bits per heavy atom. The number of carbonyl (C=O) groups is 1. The van der Waals surface area contributed by atoms with Crippen molar-refractivity contribution < 1.29 is 4.79 Å². The molecule has 1 fully saturated rings. The lowest BCUT2D eigenvalue weighted by atomic mass is 9.75. The zero-order valence-corrected chi connectivity index (χ0v) is 11.8. The maximum atomic E-state index is 12.3. The highest BCUT2D eigenvalue weighted by Gasteiger charge is 2.40. The second kappa shape index (κ2) is 5.17. The van der Waals surface area contributed by atoms with Gasteiger partial charge in [0.2, 0.25) is 5.56 Å². The summed E-state index contributed by atoms with van der Waals surface area (Å²) in [5.41, 5.74) is 0.202. The van der Waals surface area contributed by atoms with Gasteiger partial charge in [0.05, 0.1) is 0 Å². The molecule has 5 nitrogen and oxygen atoms in total. The molecule has 2 rings (SSSR count). The Hall–Kier alpha value is -1.62. The number of pyridine rings is 1. The molecule has 1 aliphatic rings. The Balaban J connectivity index is 2.10. The normalized spacial score (nSPS) is 17.1. The molecule has 1 heterocycles. The first-order valence-electron chi connectivity index (χ1n) is 6.57. The molecule has 0 atom stereocenters. The summed E-state index contributed by atoms with van der Waals surface area (Å²) in [5.74, 6) is -0.133. The molecule has 104 valence electrons. The molecule has 0 aromatic carbocycles. The van der Waals surface area contributed by atoms with Crippen molar-refractivity contribution in [2.75, 3.05) is 27.7 Å². The van der Waals surface area contributed by atoms with Gasteiger partial charge in [0.15, 0.2) is 0 Å². The summed E-state index contributed by atoms with van der Waals surface area (Å²) < 4.78 is 0. The first-order chi connectivity index (χ1) is 8.94. The van der Waals surface area contributed by atoms with Gasteiger partial charge in [-0.05, 0) is 39.4 Å². The van der Waals surface area contributed by atoms with Gasteiger partial charge in [-0.2, -0.15) is 0 Å². The molecule has 5 heteroatoms. The predicted molar refractivity (Wildman–Crippen MR) is 74.3 cm³/mol. The molecule has 19 heavy (non-hydrogen) atoms. The monoisotopic (exact) mass is 263 g/mol. The largest absolute Gasteiger partial charge is 0.339 e. The molecular weight excluding hydrogens is 242 g/mol. The average Bonchev–Trinajstić information content (AvgIpc) is 2.32. The Morgan fingerprint density at radius 2 is 2.00 bits per heavy atom. The van der Waals surface area contributed by atoms with Crippen molar-refractivity contribution in [3.05, 3.63) is 34.2 Å². The fraction of sp³-hybridized carbons (Fsp3) is 0.571. The standard InChI is InChI=1S/C14H21N3O2/c1-16(2)14(8-5-9-14)10-17(3)13(19)11-6-4-7-12(18)15-11/h4,6-7H,5,8-10H2,1-3H3,(H,15,18). The van der Waals surface area contributed by atoms with E-state index >= 15 is 0 Å². The van der Waals surface area contributed by atoms with Gasteiger partial charge in [0.1, 0.15) is 5.69 Å². The number of nitrogens with one attached hydrogen (secondary N) is 1. The van der Waals surface area contributed by atoms with Gasteiger partial charge in [-0.25, -0.2) is 0 Å². The minimum Gasteiger partial charge on any atom is -0.339 e. The number of amides is 1. The minimum atomic E-state index is -0.245. The summed E-state index contributed by atoms with van der Waals surface area (Å²) in [7, 11) is 5.90. The van der Waals surface area contributed by atoms with E-state index in [2.05, 4.69) is 24.0 Å². The summed E-state index contributed by atoms with van der Waals surface area (Å²) in [5, 5.41) is 0. The van der Waals surface area contributed by atoms with Gasteiger partial charge in [-0.1, -0.05) is 6.07 Å². The molecule has 1 aromatic heterocycles.